The van der Waals surface area contributed by atoms with Crippen molar-refractivity contribution in [3.63, 3.8) is 0 Å². The van der Waals surface area contributed by atoms with Crippen molar-refractivity contribution in [2.45, 2.75) is 58.5 Å². The number of hydrogen-bond acceptors (Lipinski definition) is 4. The molecule has 2 atom stereocenters. The Morgan fingerprint density at radius 2 is 2.29 bits per heavy atom. The predicted molar refractivity (Wildman–Crippen MR) is 86.4 cm³/mol. The molecule has 1 aromatic heterocycles. The number of nitrogens with zero attached hydrogens (tertiary/aromatic N) is 2. The van der Waals surface area contributed by atoms with Gasteiger partial charge in [-0.05, 0) is 24.7 Å². The fourth-order valence-corrected chi connectivity index (χ4v) is 3.26. The second-order valence-electron chi connectivity index (χ2n) is 6.76. The number of nitrogens with one attached hydrogen (secondary N) is 1. The molecule has 2 unspecified atom stereocenters. The monoisotopic (exact) mass is 292 g/mol. The van der Waals surface area contributed by atoms with Gasteiger partial charge in [0.15, 0.2) is 5.82 Å². The minimum absolute atomic E-state index is 0.0446. The summed E-state index contributed by atoms with van der Waals surface area (Å²) in [5.41, 5.74) is 5.81. The van der Waals surface area contributed by atoms with Crippen LogP contribution in [0.1, 0.15) is 46.5 Å². The van der Waals surface area contributed by atoms with E-state index in [2.05, 4.69) is 31.1 Å². The van der Waals surface area contributed by atoms with Crippen molar-refractivity contribution >= 4 is 5.82 Å². The lowest BCUT2D eigenvalue weighted by Crippen LogP contribution is -2.53. The van der Waals surface area contributed by atoms with Gasteiger partial charge < -0.3 is 15.6 Å². The third kappa shape index (κ3) is 3.46. The highest BCUT2D eigenvalue weighted by atomic mass is 16.1. The topological polar surface area (TPSA) is 72.9 Å². The minimum atomic E-state index is -0.193. The third-order valence-corrected chi connectivity index (χ3v) is 4.66. The largest absolute Gasteiger partial charge is 0.358 e. The third-order valence-electron chi connectivity index (χ3n) is 4.66. The van der Waals surface area contributed by atoms with E-state index in [0.717, 1.165) is 19.3 Å². The van der Waals surface area contributed by atoms with Gasteiger partial charge >= 0.3 is 0 Å². The van der Waals surface area contributed by atoms with E-state index in [9.17, 15) is 4.79 Å². The van der Waals surface area contributed by atoms with Crippen LogP contribution < -0.4 is 16.6 Å². The number of nitrogens with two attached hydrogens (primary N) is 1. The SMILES string of the molecule is CC(C)Cn1ccnc(NC2(CN)CCCCC2C)c1=O. The maximum absolute atomic E-state index is 12.5. The van der Waals surface area contributed by atoms with Crippen LogP contribution in [0.15, 0.2) is 17.2 Å². The van der Waals surface area contributed by atoms with Crippen molar-refractivity contribution in [3.8, 4) is 0 Å². The molecule has 0 spiro atoms. The summed E-state index contributed by atoms with van der Waals surface area (Å²) >= 11 is 0. The zero-order valence-corrected chi connectivity index (χ0v) is 13.4. The first-order valence-electron chi connectivity index (χ1n) is 8.02. The summed E-state index contributed by atoms with van der Waals surface area (Å²) in [5, 5.41) is 3.41. The van der Waals surface area contributed by atoms with E-state index in [4.69, 9.17) is 5.73 Å². The van der Waals surface area contributed by atoms with Crippen molar-refractivity contribution in [3.05, 3.63) is 22.7 Å². The Morgan fingerprint density at radius 1 is 1.52 bits per heavy atom. The summed E-state index contributed by atoms with van der Waals surface area (Å²) in [4.78, 5) is 16.8. The Bertz CT molecular complexity index is 525. The van der Waals surface area contributed by atoms with Gasteiger partial charge in [0.05, 0.1) is 5.54 Å². The zero-order chi connectivity index (χ0) is 15.5. The normalized spacial score (nSPS) is 26.0. The van der Waals surface area contributed by atoms with Crippen molar-refractivity contribution in [2.24, 2.45) is 17.6 Å². The molecular formula is C16H28N4O. The average molecular weight is 292 g/mol. The molecule has 5 heteroatoms. The number of hydrogen-bond donors (Lipinski definition) is 2. The molecule has 1 fully saturated rings. The predicted octanol–water partition coefficient (Wildman–Crippen LogP) is 2.22. The van der Waals surface area contributed by atoms with Gasteiger partial charge in [0.1, 0.15) is 0 Å². The first-order valence-corrected chi connectivity index (χ1v) is 8.02. The zero-order valence-electron chi connectivity index (χ0n) is 13.4. The van der Waals surface area contributed by atoms with Crippen LogP contribution in [0.3, 0.4) is 0 Å². The Kier molecular flexibility index (Phi) is 5.04. The molecule has 5 nitrogen and oxygen atoms in total. The van der Waals surface area contributed by atoms with Crippen LogP contribution in [0.25, 0.3) is 0 Å². The van der Waals surface area contributed by atoms with Crippen LogP contribution in [-0.2, 0) is 6.54 Å². The molecule has 21 heavy (non-hydrogen) atoms. The highest BCUT2D eigenvalue weighted by molar-refractivity contribution is 5.36. The van der Waals surface area contributed by atoms with Gasteiger partial charge in [-0.1, -0.05) is 33.6 Å². The lowest BCUT2D eigenvalue weighted by Gasteiger charge is -2.42. The molecule has 1 heterocycles. The number of anilines is 1. The van der Waals surface area contributed by atoms with Crippen LogP contribution in [0.2, 0.25) is 0 Å². The van der Waals surface area contributed by atoms with Crippen LogP contribution in [0.5, 0.6) is 0 Å². The van der Waals surface area contributed by atoms with Gasteiger partial charge in [0.2, 0.25) is 0 Å². The lowest BCUT2D eigenvalue weighted by atomic mass is 9.73. The summed E-state index contributed by atoms with van der Waals surface area (Å²) in [7, 11) is 0. The van der Waals surface area contributed by atoms with E-state index in [1.807, 2.05) is 0 Å². The molecule has 1 aliphatic carbocycles. The van der Waals surface area contributed by atoms with Crippen molar-refractivity contribution in [1.82, 2.24) is 9.55 Å². The average Bonchev–Trinajstić information content (AvgIpc) is 2.45. The maximum atomic E-state index is 12.5. The molecule has 118 valence electrons. The van der Waals surface area contributed by atoms with E-state index in [-0.39, 0.29) is 11.1 Å². The molecule has 2 rings (SSSR count). The van der Waals surface area contributed by atoms with E-state index >= 15 is 0 Å². The molecule has 0 saturated heterocycles. The summed E-state index contributed by atoms with van der Waals surface area (Å²) in [6.45, 7) is 7.67. The Morgan fingerprint density at radius 3 is 2.90 bits per heavy atom. The smallest absolute Gasteiger partial charge is 0.293 e. The van der Waals surface area contributed by atoms with Crippen LogP contribution >= 0.6 is 0 Å². The summed E-state index contributed by atoms with van der Waals surface area (Å²) < 4.78 is 1.73. The highest BCUT2D eigenvalue weighted by Gasteiger charge is 2.37. The molecule has 0 amide bonds. The molecule has 0 aliphatic heterocycles. The molecular weight excluding hydrogens is 264 g/mol. The molecule has 0 aromatic carbocycles. The second-order valence-corrected chi connectivity index (χ2v) is 6.76. The van der Waals surface area contributed by atoms with Crippen molar-refractivity contribution in [1.29, 1.82) is 0 Å². The van der Waals surface area contributed by atoms with Crippen LogP contribution in [-0.4, -0.2) is 21.6 Å². The minimum Gasteiger partial charge on any atom is -0.358 e. The van der Waals surface area contributed by atoms with Gasteiger partial charge in [-0.25, -0.2) is 4.98 Å². The lowest BCUT2D eigenvalue weighted by molar-refractivity contribution is 0.234. The molecule has 0 bridgehead atoms. The van der Waals surface area contributed by atoms with Gasteiger partial charge in [-0.2, -0.15) is 0 Å². The summed E-state index contributed by atoms with van der Waals surface area (Å²) in [6, 6.07) is 0. The van der Waals surface area contributed by atoms with E-state index in [1.54, 1.807) is 17.0 Å². The number of aromatic nitrogens is 2. The molecule has 0 radical (unpaired) electrons. The van der Waals surface area contributed by atoms with Gasteiger partial charge in [0.25, 0.3) is 5.56 Å². The van der Waals surface area contributed by atoms with Gasteiger partial charge in [-0.15, -0.1) is 0 Å². The van der Waals surface area contributed by atoms with Gasteiger partial charge in [0, 0.05) is 25.5 Å². The molecule has 1 saturated carbocycles. The van der Waals surface area contributed by atoms with E-state index < -0.39 is 0 Å². The van der Waals surface area contributed by atoms with Crippen molar-refractivity contribution in [2.75, 3.05) is 11.9 Å². The summed E-state index contributed by atoms with van der Waals surface area (Å²) in [6.07, 6.45) is 8.00. The van der Waals surface area contributed by atoms with Gasteiger partial charge in [-0.3, -0.25) is 4.79 Å². The van der Waals surface area contributed by atoms with Crippen LogP contribution in [0.4, 0.5) is 5.82 Å². The number of rotatable bonds is 5. The Hall–Kier alpha value is -1.36. The first-order chi connectivity index (χ1) is 9.98. The summed E-state index contributed by atoms with van der Waals surface area (Å²) in [5.74, 6) is 1.32. The van der Waals surface area contributed by atoms with E-state index in [0.29, 0.717) is 30.7 Å². The first kappa shape index (κ1) is 16.0. The molecule has 1 aromatic rings. The maximum Gasteiger partial charge on any atom is 0.293 e. The van der Waals surface area contributed by atoms with Crippen molar-refractivity contribution < 1.29 is 0 Å². The highest BCUT2D eigenvalue weighted by Crippen LogP contribution is 2.34. The Labute approximate surface area is 127 Å². The standard InChI is InChI=1S/C16H28N4O/c1-12(2)10-20-9-8-18-14(15(20)21)19-16(11-17)7-5-4-6-13(16)3/h8-9,12-13H,4-7,10-11,17H2,1-3H3,(H,18,19). The Balaban J connectivity index is 2.27. The molecule has 1 aliphatic rings. The van der Waals surface area contributed by atoms with Crippen LogP contribution in [0, 0.1) is 11.8 Å². The second kappa shape index (κ2) is 6.60. The van der Waals surface area contributed by atoms with E-state index in [1.165, 1.54) is 6.42 Å². The fourth-order valence-electron chi connectivity index (χ4n) is 3.26. The molecule has 3 N–H and O–H groups in total. The quantitative estimate of drug-likeness (QED) is 0.873. The fraction of sp³-hybridized carbons (Fsp3) is 0.750.